The maximum atomic E-state index is 11.9. The summed E-state index contributed by atoms with van der Waals surface area (Å²) in [5, 5.41) is 5.52. The molecule has 1 radical (unpaired) electrons. The van der Waals surface area contributed by atoms with Crippen LogP contribution in [-0.4, -0.2) is 11.5 Å². The van der Waals surface area contributed by atoms with E-state index < -0.39 is 16.1 Å². The molecule has 0 aromatic heterocycles. The summed E-state index contributed by atoms with van der Waals surface area (Å²) >= 11 is 0. The Balaban J connectivity index is 0.000000347. The van der Waals surface area contributed by atoms with Crippen molar-refractivity contribution < 1.29 is 53.5 Å². The molecule has 0 aliphatic heterocycles. The molecule has 0 saturated carbocycles. The minimum atomic E-state index is -0.637. The van der Waals surface area contributed by atoms with E-state index in [0.717, 1.165) is 0 Å². The van der Waals surface area contributed by atoms with Gasteiger partial charge in [-0.25, -0.2) is 13.2 Å². The molecule has 0 atom stereocenters. The molecular weight excluding hydrogens is 952 g/mol. The van der Waals surface area contributed by atoms with Gasteiger partial charge in [-0.1, -0.05) is 121 Å². The van der Waals surface area contributed by atoms with Crippen molar-refractivity contribution in [2.24, 2.45) is 0 Å². The summed E-state index contributed by atoms with van der Waals surface area (Å²) in [5.41, 5.74) is 0. The van der Waals surface area contributed by atoms with Crippen molar-refractivity contribution in [2.75, 3.05) is 7.05 Å². The van der Waals surface area contributed by atoms with E-state index in [1.54, 1.807) is 0 Å². The Morgan fingerprint density at radius 3 is 0.841 bits per heavy atom. The molecule has 0 fully saturated rings. The predicted octanol–water partition coefficient (Wildman–Crippen LogP) is 8.26. The number of hydrogen-bond donors (Lipinski definition) is 0. The van der Waals surface area contributed by atoms with Crippen molar-refractivity contribution in [1.29, 1.82) is 0 Å². The summed E-state index contributed by atoms with van der Waals surface area (Å²) in [6.07, 6.45) is 0. The standard InChI is InChI=1S/C25H23NP2.2C6H4F.2Au/c1-26(27(22-14-6-2-7-15-22)23-16-8-3-9-17-23)28(24-18-10-4-11-19-24)25-20-12-5-13-21-25;2*7-6-4-2-1-3-5-6;;/h2-21H,1H3;2*2-5H;;/q;2*-1;;+1. The number of hydrogen-bond acceptors (Lipinski definition) is 1. The minimum Gasteiger partial charge on any atom is -0.248 e. The Labute approximate surface area is 294 Å². The fourth-order valence-corrected chi connectivity index (χ4v) is 9.77. The van der Waals surface area contributed by atoms with Gasteiger partial charge in [0.1, 0.15) is 0 Å². The molecule has 0 aliphatic rings. The first-order valence-electron chi connectivity index (χ1n) is 13.4. The molecule has 1 nitrogen and oxygen atoms in total. The third-order valence-corrected chi connectivity index (χ3v) is 11.3. The van der Waals surface area contributed by atoms with Crippen LogP contribution in [0.15, 0.2) is 170 Å². The van der Waals surface area contributed by atoms with Gasteiger partial charge in [-0.05, 0) is 28.3 Å². The van der Waals surface area contributed by atoms with Gasteiger partial charge in [-0.2, -0.15) is 36.4 Å². The predicted molar refractivity (Wildman–Crippen MR) is 176 cm³/mol. The van der Waals surface area contributed by atoms with E-state index in [0.29, 0.717) is 0 Å². The largest absolute Gasteiger partial charge is 1.00 e. The summed E-state index contributed by atoms with van der Waals surface area (Å²) in [7, 11) is 1.02. The molecule has 0 aliphatic carbocycles. The third-order valence-electron chi connectivity index (χ3n) is 5.94. The van der Waals surface area contributed by atoms with Crippen molar-refractivity contribution in [3.05, 3.63) is 194 Å². The van der Waals surface area contributed by atoms with Crippen LogP contribution in [0.3, 0.4) is 0 Å². The molecule has 0 heterocycles. The molecule has 44 heavy (non-hydrogen) atoms. The van der Waals surface area contributed by atoms with Crippen LogP contribution in [0, 0.1) is 23.8 Å². The van der Waals surface area contributed by atoms with Crippen LogP contribution < -0.4 is 21.2 Å². The first kappa shape index (κ1) is 37.7. The van der Waals surface area contributed by atoms with E-state index in [-0.39, 0.29) is 56.4 Å². The topological polar surface area (TPSA) is 3.24 Å². The van der Waals surface area contributed by atoms with Gasteiger partial charge in [0.05, 0.1) is 0 Å². The first-order valence-corrected chi connectivity index (χ1v) is 16.0. The Morgan fingerprint density at radius 1 is 0.432 bits per heavy atom. The summed E-state index contributed by atoms with van der Waals surface area (Å²) in [6.45, 7) is 0. The van der Waals surface area contributed by atoms with Crippen LogP contribution in [0.2, 0.25) is 0 Å². The van der Waals surface area contributed by atoms with Crippen molar-refractivity contribution >= 4 is 37.4 Å². The van der Waals surface area contributed by atoms with Crippen molar-refractivity contribution in [3.8, 4) is 0 Å². The second-order valence-corrected chi connectivity index (χ2v) is 13.7. The zero-order valence-corrected chi connectivity index (χ0v) is 30.0. The molecule has 0 spiro atoms. The maximum Gasteiger partial charge on any atom is 1.00 e. The maximum absolute atomic E-state index is 11.9. The molecule has 0 bridgehead atoms. The van der Waals surface area contributed by atoms with E-state index >= 15 is 0 Å². The zero-order chi connectivity index (χ0) is 29.4. The SMILES string of the molecule is CN(P(c1ccccc1)c1ccccc1)P(c1ccccc1)c1ccccc1.Fc1cc[c-]cc1.Fc1cc[c-]cc1.[Au+].[Au]. The summed E-state index contributed by atoms with van der Waals surface area (Å²) in [6, 6.07) is 60.6. The van der Waals surface area contributed by atoms with Crippen LogP contribution in [-0.2, 0) is 44.8 Å². The van der Waals surface area contributed by atoms with Gasteiger partial charge in [0, 0.05) is 50.2 Å². The summed E-state index contributed by atoms with van der Waals surface area (Å²) in [4.78, 5) is 0. The van der Waals surface area contributed by atoms with Gasteiger partial charge in [0.15, 0.2) is 0 Å². The van der Waals surface area contributed by atoms with Crippen LogP contribution >= 0.6 is 16.1 Å². The zero-order valence-electron chi connectivity index (χ0n) is 23.9. The Bertz CT molecular complexity index is 1350. The van der Waals surface area contributed by atoms with Crippen molar-refractivity contribution in [1.82, 2.24) is 4.44 Å². The number of rotatable bonds is 6. The fourth-order valence-electron chi connectivity index (χ4n) is 4.07. The number of halogens is 2. The molecular formula is C37H31Au2F2NP2-. The Kier molecular flexibility index (Phi) is 18.2. The second kappa shape index (κ2) is 21.3. The van der Waals surface area contributed by atoms with Crippen molar-refractivity contribution in [2.45, 2.75) is 0 Å². The smallest absolute Gasteiger partial charge is 0.248 e. The molecule has 0 N–H and O–H groups in total. The Morgan fingerprint density at radius 2 is 0.659 bits per heavy atom. The number of benzene rings is 6. The van der Waals surface area contributed by atoms with Crippen LogP contribution in [0.5, 0.6) is 0 Å². The van der Waals surface area contributed by atoms with Gasteiger partial charge in [-0.15, -0.1) is 24.3 Å². The molecule has 6 rings (SSSR count). The van der Waals surface area contributed by atoms with Gasteiger partial charge in [-0.3, -0.25) is 0 Å². The number of nitrogens with zero attached hydrogens (tertiary/aromatic N) is 1. The summed E-state index contributed by atoms with van der Waals surface area (Å²) < 4.78 is 26.4. The van der Waals surface area contributed by atoms with Gasteiger partial charge < -0.3 is 0 Å². The normalized spacial score (nSPS) is 9.95. The van der Waals surface area contributed by atoms with Crippen molar-refractivity contribution in [3.63, 3.8) is 0 Å². The second-order valence-electron chi connectivity index (χ2n) is 8.89. The van der Waals surface area contributed by atoms with E-state index in [9.17, 15) is 8.78 Å². The molecule has 0 saturated heterocycles. The Hall–Kier alpha value is -2.52. The average molecular weight is 984 g/mol. The first-order chi connectivity index (χ1) is 20.6. The van der Waals surface area contributed by atoms with Gasteiger partial charge in [0.2, 0.25) is 0 Å². The van der Waals surface area contributed by atoms with Gasteiger partial charge >= 0.3 is 22.4 Å². The van der Waals surface area contributed by atoms with Gasteiger partial charge in [0.25, 0.3) is 0 Å². The third kappa shape index (κ3) is 12.1. The molecule has 0 amide bonds. The summed E-state index contributed by atoms with van der Waals surface area (Å²) in [5.74, 6) is -0.419. The van der Waals surface area contributed by atoms with E-state index in [1.165, 1.54) is 69.7 Å². The fraction of sp³-hybridized carbons (Fsp3) is 0.0270. The van der Waals surface area contributed by atoms with Crippen LogP contribution in [0.1, 0.15) is 0 Å². The molecule has 7 heteroatoms. The monoisotopic (exact) mass is 983 g/mol. The molecule has 6 aromatic carbocycles. The van der Waals surface area contributed by atoms with E-state index in [2.05, 4.69) is 145 Å². The average Bonchev–Trinajstić information content (AvgIpc) is 3.05. The molecule has 231 valence electrons. The molecule has 0 unspecified atom stereocenters. The van der Waals surface area contributed by atoms with E-state index in [1.807, 2.05) is 0 Å². The van der Waals surface area contributed by atoms with E-state index in [4.69, 9.17) is 0 Å². The minimum absolute atomic E-state index is 0. The molecule has 6 aromatic rings. The van der Waals surface area contributed by atoms with Crippen LogP contribution in [0.25, 0.3) is 0 Å². The quantitative estimate of drug-likeness (QED) is 0.0925. The van der Waals surface area contributed by atoms with Crippen LogP contribution in [0.4, 0.5) is 8.78 Å².